The van der Waals surface area contributed by atoms with Crippen LogP contribution in [-0.4, -0.2) is 11.8 Å². The molecule has 0 aliphatic heterocycles. The topological polar surface area (TPSA) is 23.9 Å². The van der Waals surface area contributed by atoms with Crippen molar-refractivity contribution in [3.8, 4) is 0 Å². The zero-order chi connectivity index (χ0) is 5.91. The van der Waals surface area contributed by atoms with Gasteiger partial charge < -0.3 is 0 Å². The molecule has 0 amide bonds. The second-order valence-corrected chi connectivity index (χ2v) is 3.43. The molecule has 0 spiro atoms. The third-order valence-corrected chi connectivity index (χ3v) is 1.41. The van der Waals surface area contributed by atoms with Gasteiger partial charge in [0.25, 0.3) is 0 Å². The van der Waals surface area contributed by atoms with Crippen LogP contribution in [0.5, 0.6) is 0 Å². The summed E-state index contributed by atoms with van der Waals surface area (Å²) in [5, 5.41) is 4.31. The van der Waals surface area contributed by atoms with Crippen molar-refractivity contribution >= 4 is 17.6 Å². The Balaban J connectivity index is 3.58. The first kappa shape index (κ1) is 7.39. The van der Waals surface area contributed by atoms with E-state index >= 15 is 0 Å². The summed E-state index contributed by atoms with van der Waals surface area (Å²) >= 11 is 0. The maximum Gasteiger partial charge on any atom is 0.208 e. The summed E-state index contributed by atoms with van der Waals surface area (Å²) in [6.45, 7) is -1.11. The number of alkyl halides is 2. The average Bonchev–Trinajstić information content (AvgIpc) is 1.68. The van der Waals surface area contributed by atoms with Crippen molar-refractivity contribution in [1.82, 2.24) is 0 Å². The highest BCUT2D eigenvalue weighted by Crippen LogP contribution is 2.32. The molecule has 0 radical (unpaired) electrons. The second-order valence-electron chi connectivity index (χ2n) is 1.06. The molecule has 0 aliphatic rings. The highest BCUT2D eigenvalue weighted by molar-refractivity contribution is 7.43. The molecule has 0 aromatic carbocycles. The molecule has 1 N–H and O–H groups in total. The Morgan fingerprint density at radius 3 is 2.29 bits per heavy atom. The van der Waals surface area contributed by atoms with Gasteiger partial charge in [-0.3, -0.25) is 5.16 Å². The van der Waals surface area contributed by atoms with Gasteiger partial charge in [0, 0.05) is 8.37 Å². The molecule has 7 heavy (non-hydrogen) atoms. The van der Waals surface area contributed by atoms with E-state index in [0.29, 0.717) is 0 Å². The van der Waals surface area contributed by atoms with Gasteiger partial charge in [0.05, 0.1) is 0 Å². The zero-order valence-corrected chi connectivity index (χ0v) is 5.54. The third kappa shape index (κ3) is 3.02. The monoisotopic (exact) mass is 143 g/mol. The Morgan fingerprint density at radius 1 is 1.86 bits per heavy atom. The summed E-state index contributed by atoms with van der Waals surface area (Å²) < 4.78 is 23.2. The van der Waals surface area contributed by atoms with Gasteiger partial charge in [0.15, 0.2) is 0 Å². The number of halogens is 2. The molecule has 0 bridgehead atoms. The zero-order valence-electron chi connectivity index (χ0n) is 3.49. The van der Waals surface area contributed by atoms with Crippen LogP contribution in [0.2, 0.25) is 0 Å². The van der Waals surface area contributed by atoms with Crippen molar-refractivity contribution < 1.29 is 8.78 Å². The van der Waals surface area contributed by atoms with Gasteiger partial charge in [-0.05, 0) is 0 Å². The Morgan fingerprint density at radius 2 is 2.29 bits per heavy atom. The largest absolute Gasteiger partial charge is 0.281 e. The van der Waals surface area contributed by atoms with Crippen molar-refractivity contribution in [3.63, 3.8) is 0 Å². The van der Waals surface area contributed by atoms with Crippen LogP contribution in [0.3, 0.4) is 0 Å². The van der Waals surface area contributed by atoms with Crippen LogP contribution >= 0.6 is 17.6 Å². The Bertz CT molecular complexity index is 74.1. The highest BCUT2D eigenvalue weighted by atomic mass is 31.1. The molecule has 2 atom stereocenters. The van der Waals surface area contributed by atoms with Gasteiger partial charge in [0.1, 0.15) is 6.67 Å². The maximum absolute atomic E-state index is 11.9. The van der Waals surface area contributed by atoms with E-state index in [2.05, 4.69) is 0 Å². The smallest absolute Gasteiger partial charge is 0.208 e. The Kier molecular flexibility index (Phi) is 2.78. The van der Waals surface area contributed by atoms with E-state index in [1.165, 1.54) is 0 Å². The normalized spacial score (nSPS) is 19.3. The van der Waals surface area contributed by atoms with Gasteiger partial charge in [-0.15, -0.1) is 0 Å². The maximum atomic E-state index is 11.9. The minimum atomic E-state index is -2.03. The third-order valence-electron chi connectivity index (χ3n) is 0.373. The summed E-state index contributed by atoms with van der Waals surface area (Å²) in [5.74, 6) is 0. The summed E-state index contributed by atoms with van der Waals surface area (Å²) in [7, 11) is 1.30. The van der Waals surface area contributed by atoms with E-state index in [1.807, 2.05) is 0 Å². The fourth-order valence-electron chi connectivity index (χ4n) is 0.0299. The molecule has 0 rings (SSSR count). The molecule has 0 heterocycles. The molecule has 0 aromatic rings. The quantitative estimate of drug-likeness (QED) is 0.572. The standard InChI is InChI=1S/C2H5F2NP2/c3-1-2(4,6)7-5/h5H,1,6H2. The van der Waals surface area contributed by atoms with Crippen LogP contribution < -0.4 is 0 Å². The Hall–Kier alpha value is 0.390. The van der Waals surface area contributed by atoms with Crippen molar-refractivity contribution in [1.29, 1.82) is 5.16 Å². The summed E-state index contributed by atoms with van der Waals surface area (Å²) in [6.07, 6.45) is 0. The van der Waals surface area contributed by atoms with Gasteiger partial charge >= 0.3 is 0 Å². The predicted molar refractivity (Wildman–Crippen MR) is 29.2 cm³/mol. The lowest BCUT2D eigenvalue weighted by molar-refractivity contribution is 0.314. The van der Waals surface area contributed by atoms with Gasteiger partial charge in [-0.1, -0.05) is 9.24 Å². The van der Waals surface area contributed by atoms with E-state index in [0.717, 1.165) is 0 Å². The molecule has 0 saturated heterocycles. The van der Waals surface area contributed by atoms with Crippen LogP contribution in [-0.2, 0) is 0 Å². The molecular weight excluding hydrogens is 138 g/mol. The van der Waals surface area contributed by atoms with E-state index in [9.17, 15) is 8.78 Å². The van der Waals surface area contributed by atoms with Crippen LogP contribution in [0.25, 0.3) is 0 Å². The molecule has 0 aromatic heterocycles. The van der Waals surface area contributed by atoms with E-state index in [1.54, 1.807) is 9.24 Å². The molecular formula is C2H5F2NP2. The second kappa shape index (κ2) is 2.64. The molecule has 1 nitrogen and oxygen atoms in total. The van der Waals surface area contributed by atoms with Crippen LogP contribution in [0, 0.1) is 5.16 Å². The van der Waals surface area contributed by atoms with E-state index < -0.39 is 11.8 Å². The summed E-state index contributed by atoms with van der Waals surface area (Å²) in [6, 6.07) is 0. The van der Waals surface area contributed by atoms with E-state index in [4.69, 9.17) is 5.16 Å². The first-order chi connectivity index (χ1) is 3.12. The Labute approximate surface area is 44.4 Å². The molecule has 2 unspecified atom stereocenters. The first-order valence-corrected chi connectivity index (χ1v) is 3.02. The van der Waals surface area contributed by atoms with Crippen LogP contribution in [0.1, 0.15) is 0 Å². The number of nitrogens with one attached hydrogen (secondary N) is 1. The average molecular weight is 143 g/mol. The number of rotatable bonds is 2. The van der Waals surface area contributed by atoms with E-state index in [-0.39, 0.29) is 8.37 Å². The number of hydrogen-bond donors (Lipinski definition) is 1. The van der Waals surface area contributed by atoms with Gasteiger partial charge in [0.2, 0.25) is 5.15 Å². The van der Waals surface area contributed by atoms with Crippen molar-refractivity contribution in [3.05, 3.63) is 0 Å². The lowest BCUT2D eigenvalue weighted by Gasteiger charge is -2.03. The van der Waals surface area contributed by atoms with Crippen LogP contribution in [0.4, 0.5) is 8.78 Å². The molecule has 0 aliphatic carbocycles. The molecule has 0 fully saturated rings. The highest BCUT2D eigenvalue weighted by Gasteiger charge is 2.19. The fraction of sp³-hybridized carbons (Fsp3) is 1.00. The minimum Gasteiger partial charge on any atom is -0.281 e. The van der Waals surface area contributed by atoms with Crippen molar-refractivity contribution in [2.24, 2.45) is 0 Å². The predicted octanol–water partition coefficient (Wildman–Crippen LogP) is 2.16. The fourth-order valence-corrected chi connectivity index (χ4v) is 0.0896. The van der Waals surface area contributed by atoms with Crippen LogP contribution in [0.15, 0.2) is 0 Å². The van der Waals surface area contributed by atoms with Gasteiger partial charge in [-0.25, -0.2) is 8.78 Å². The van der Waals surface area contributed by atoms with Gasteiger partial charge in [-0.2, -0.15) is 0 Å². The molecule has 5 heteroatoms. The lowest BCUT2D eigenvalue weighted by Crippen LogP contribution is -2.03. The summed E-state index contributed by atoms with van der Waals surface area (Å²) in [5.41, 5.74) is 0. The SMILES string of the molecule is N=PC(F)(P)CF. The van der Waals surface area contributed by atoms with Crippen molar-refractivity contribution in [2.45, 2.75) is 5.15 Å². The first-order valence-electron chi connectivity index (χ1n) is 1.55. The molecule has 0 saturated carbocycles. The van der Waals surface area contributed by atoms with Crippen molar-refractivity contribution in [2.75, 3.05) is 6.67 Å². The lowest BCUT2D eigenvalue weighted by atomic mass is 10.8. The molecule has 42 valence electrons. The number of hydrogen-bond acceptors (Lipinski definition) is 1. The summed E-state index contributed by atoms with van der Waals surface area (Å²) in [4.78, 5) is 0. The minimum absolute atomic E-state index is 0.323.